The van der Waals surface area contributed by atoms with Crippen molar-refractivity contribution in [2.75, 3.05) is 13.7 Å². The summed E-state index contributed by atoms with van der Waals surface area (Å²) in [6, 6.07) is 19.1. The Kier molecular flexibility index (Phi) is 4.61. The zero-order valence-corrected chi connectivity index (χ0v) is 16.2. The summed E-state index contributed by atoms with van der Waals surface area (Å²) in [5.74, 6) is 0. The van der Waals surface area contributed by atoms with Crippen LogP contribution in [0.4, 0.5) is 0 Å². The molecule has 0 saturated carbocycles. The normalized spacial score (nSPS) is 26.1. The first-order chi connectivity index (χ1) is 14.3. The largest absolute Gasteiger partial charge is 0.466 e. The minimum absolute atomic E-state index is 0.122. The molecule has 2 aliphatic heterocycles. The second kappa shape index (κ2) is 7.42. The van der Waals surface area contributed by atoms with Crippen LogP contribution in [0.3, 0.4) is 0 Å². The quantitative estimate of drug-likeness (QED) is 0.691. The monoisotopic (exact) mass is 389 g/mol. The number of nitrogens with one attached hydrogen (secondary N) is 1. The van der Waals surface area contributed by atoms with E-state index in [4.69, 9.17) is 9.47 Å². The molecule has 3 heterocycles. The smallest absolute Gasteiger partial charge is 0.340 e. The van der Waals surface area contributed by atoms with Crippen LogP contribution < -0.4 is 10.1 Å². The van der Waals surface area contributed by atoms with E-state index in [0.29, 0.717) is 6.01 Å². The predicted octanol–water partition coefficient (Wildman–Crippen LogP) is 3.16. The minimum Gasteiger partial charge on any atom is -0.466 e. The maximum absolute atomic E-state index is 6.71. The summed E-state index contributed by atoms with van der Waals surface area (Å²) in [7, 11) is 1.55. The van der Waals surface area contributed by atoms with Crippen molar-refractivity contribution in [1.29, 1.82) is 0 Å². The van der Waals surface area contributed by atoms with E-state index < -0.39 is 0 Å². The van der Waals surface area contributed by atoms with Gasteiger partial charge in [-0.2, -0.15) is 4.68 Å². The predicted molar refractivity (Wildman–Crippen MR) is 108 cm³/mol. The molecule has 1 aromatic heterocycles. The second-order valence-corrected chi connectivity index (χ2v) is 7.43. The fourth-order valence-electron chi connectivity index (χ4n) is 4.33. The lowest BCUT2D eigenvalue weighted by atomic mass is 9.82. The average molecular weight is 389 g/mol. The third-order valence-corrected chi connectivity index (χ3v) is 5.68. The highest BCUT2D eigenvalue weighted by Crippen LogP contribution is 2.45. The van der Waals surface area contributed by atoms with Gasteiger partial charge in [0.25, 0.3) is 0 Å². The molecule has 2 aromatic carbocycles. The fraction of sp³-hybridized carbons (Fsp3) is 0.318. The van der Waals surface area contributed by atoms with E-state index in [9.17, 15) is 0 Å². The van der Waals surface area contributed by atoms with E-state index in [1.165, 1.54) is 5.56 Å². The van der Waals surface area contributed by atoms with E-state index in [0.717, 1.165) is 30.6 Å². The molecule has 5 rings (SSSR count). The first-order valence-electron chi connectivity index (χ1n) is 9.87. The summed E-state index contributed by atoms with van der Waals surface area (Å²) < 4.78 is 13.5. The minimum atomic E-state index is -0.341. The molecule has 1 fully saturated rings. The molecule has 1 spiro atoms. The molecule has 148 valence electrons. The summed E-state index contributed by atoms with van der Waals surface area (Å²) in [5, 5.41) is 15.3. The van der Waals surface area contributed by atoms with Crippen LogP contribution in [0.5, 0.6) is 6.01 Å². The van der Waals surface area contributed by atoms with E-state index in [-0.39, 0.29) is 17.7 Å². The molecule has 29 heavy (non-hydrogen) atoms. The number of rotatable bonds is 4. The van der Waals surface area contributed by atoms with Crippen LogP contribution in [0.25, 0.3) is 5.69 Å². The highest BCUT2D eigenvalue weighted by Gasteiger charge is 2.45. The first kappa shape index (κ1) is 18.0. The van der Waals surface area contributed by atoms with E-state index in [1.54, 1.807) is 11.8 Å². The number of piperidine rings is 1. The molecule has 0 aliphatic carbocycles. The van der Waals surface area contributed by atoms with E-state index >= 15 is 0 Å². The number of benzene rings is 2. The van der Waals surface area contributed by atoms with Crippen LogP contribution in [-0.2, 0) is 4.74 Å². The lowest BCUT2D eigenvalue weighted by Gasteiger charge is -2.41. The number of methoxy groups -OCH3 is 1. The van der Waals surface area contributed by atoms with Crippen molar-refractivity contribution < 1.29 is 9.47 Å². The first-order valence-corrected chi connectivity index (χ1v) is 9.87. The van der Waals surface area contributed by atoms with Crippen LogP contribution in [0, 0.1) is 0 Å². The Morgan fingerprint density at radius 1 is 1.14 bits per heavy atom. The van der Waals surface area contributed by atoms with Gasteiger partial charge in [0.1, 0.15) is 11.7 Å². The van der Waals surface area contributed by atoms with Gasteiger partial charge in [0.2, 0.25) is 0 Å². The van der Waals surface area contributed by atoms with Crippen LogP contribution in [0.2, 0.25) is 0 Å². The third kappa shape index (κ3) is 3.22. The maximum atomic E-state index is 6.71. The molecule has 3 aromatic rings. The van der Waals surface area contributed by atoms with Gasteiger partial charge in [0.05, 0.1) is 18.8 Å². The Morgan fingerprint density at radius 2 is 2.00 bits per heavy atom. The van der Waals surface area contributed by atoms with Gasteiger partial charge < -0.3 is 14.8 Å². The van der Waals surface area contributed by atoms with Gasteiger partial charge in [-0.1, -0.05) is 59.7 Å². The van der Waals surface area contributed by atoms with Crippen molar-refractivity contribution in [2.24, 2.45) is 0 Å². The number of nitrogens with zero attached hydrogens (tertiary/aromatic N) is 4. The zero-order chi connectivity index (χ0) is 19.7. The Bertz CT molecular complexity index is 1020. The molecular weight excluding hydrogens is 366 g/mol. The van der Waals surface area contributed by atoms with Crippen molar-refractivity contribution in [3.05, 3.63) is 77.9 Å². The van der Waals surface area contributed by atoms with Crippen molar-refractivity contribution in [3.63, 3.8) is 0 Å². The topological polar surface area (TPSA) is 74.1 Å². The van der Waals surface area contributed by atoms with Crippen LogP contribution in [0.1, 0.15) is 36.1 Å². The lowest BCUT2D eigenvalue weighted by Crippen LogP contribution is -2.47. The molecule has 1 saturated heterocycles. The molecule has 0 radical (unpaired) electrons. The van der Waals surface area contributed by atoms with E-state index in [1.807, 2.05) is 24.3 Å². The summed E-state index contributed by atoms with van der Waals surface area (Å²) in [6.07, 6.45) is 6.36. The molecule has 0 amide bonds. The molecular formula is C22H23N5O2. The van der Waals surface area contributed by atoms with Crippen molar-refractivity contribution in [1.82, 2.24) is 25.5 Å². The van der Waals surface area contributed by atoms with Crippen LogP contribution in [-0.4, -0.2) is 39.5 Å². The number of aromatic nitrogens is 4. The van der Waals surface area contributed by atoms with Gasteiger partial charge in [0, 0.05) is 0 Å². The van der Waals surface area contributed by atoms with Gasteiger partial charge in [-0.15, -0.1) is 0 Å². The average Bonchev–Trinajstić information content (AvgIpc) is 3.43. The number of hydrogen-bond acceptors (Lipinski definition) is 6. The lowest BCUT2D eigenvalue weighted by molar-refractivity contribution is -0.0668. The Morgan fingerprint density at radius 3 is 2.86 bits per heavy atom. The van der Waals surface area contributed by atoms with Gasteiger partial charge in [-0.05, 0) is 53.1 Å². The fourth-order valence-corrected chi connectivity index (χ4v) is 4.33. The van der Waals surface area contributed by atoms with Crippen molar-refractivity contribution in [2.45, 2.75) is 30.6 Å². The number of hydrogen-bond donors (Lipinski definition) is 1. The Hall–Kier alpha value is -3.03. The highest BCUT2D eigenvalue weighted by molar-refractivity contribution is 5.40. The summed E-state index contributed by atoms with van der Waals surface area (Å²) in [4.78, 5) is 0. The molecule has 2 aliphatic rings. The van der Waals surface area contributed by atoms with Crippen molar-refractivity contribution in [3.8, 4) is 11.7 Å². The third-order valence-electron chi connectivity index (χ3n) is 5.68. The van der Waals surface area contributed by atoms with Crippen molar-refractivity contribution >= 4 is 0 Å². The number of tetrazole rings is 1. The van der Waals surface area contributed by atoms with Gasteiger partial charge in [-0.25, -0.2) is 0 Å². The second-order valence-electron chi connectivity index (χ2n) is 7.43. The van der Waals surface area contributed by atoms with Gasteiger partial charge in [-0.3, -0.25) is 0 Å². The van der Waals surface area contributed by atoms with Crippen LogP contribution in [0.15, 0.2) is 66.7 Å². The van der Waals surface area contributed by atoms with Crippen LogP contribution >= 0.6 is 0 Å². The summed E-state index contributed by atoms with van der Waals surface area (Å²) in [6.45, 7) is 0.998. The maximum Gasteiger partial charge on any atom is 0.340 e. The standard InChI is InChI=1S/C22H23N5O2/c1-28-21-24-25-26-27(21)18-10-5-9-17(15-18)19-11-13-22(29-19)12-6-14-23-20(22)16-7-3-2-4-8-16/h2-5,7-11,13,15,19-20,23H,6,12,14H2,1H3/t19?,20-,22+/m0/s1. The SMILES string of the molecule is COc1nnnn1-c1cccc(C2C=C[C@@]3(CCCN[C@H]3c3ccccc3)O2)c1. The Labute approximate surface area is 169 Å². The highest BCUT2D eigenvalue weighted by atomic mass is 16.5. The Balaban J connectivity index is 1.43. The molecule has 1 unspecified atom stereocenters. The zero-order valence-electron chi connectivity index (χ0n) is 16.2. The molecule has 3 atom stereocenters. The molecule has 7 heteroatoms. The van der Waals surface area contributed by atoms with Gasteiger partial charge in [0.15, 0.2) is 0 Å². The van der Waals surface area contributed by atoms with Gasteiger partial charge >= 0.3 is 6.01 Å². The summed E-state index contributed by atoms with van der Waals surface area (Å²) in [5.41, 5.74) is 2.81. The van der Waals surface area contributed by atoms with E-state index in [2.05, 4.69) is 63.3 Å². The molecule has 0 bridgehead atoms. The number of ether oxygens (including phenoxy) is 2. The molecule has 1 N–H and O–H groups in total. The molecule has 7 nitrogen and oxygen atoms in total. The summed E-state index contributed by atoms with van der Waals surface area (Å²) >= 11 is 0.